The predicted molar refractivity (Wildman–Crippen MR) is 86.1 cm³/mol. The molecule has 0 radical (unpaired) electrons. The van der Waals surface area contributed by atoms with Crippen LogP contribution in [0.2, 0.25) is 5.02 Å². The van der Waals surface area contributed by atoms with Crippen molar-refractivity contribution in [3.8, 4) is 0 Å². The van der Waals surface area contributed by atoms with E-state index in [1.807, 2.05) is 6.92 Å². The molecule has 2 aromatic rings. The van der Waals surface area contributed by atoms with Gasteiger partial charge >= 0.3 is 0 Å². The second-order valence-corrected chi connectivity index (χ2v) is 6.51. The molecular formula is C15H15ClN2O2S. The number of aryl methyl sites for hydroxylation is 1. The molecule has 0 saturated carbocycles. The minimum absolute atomic E-state index is 0.242. The van der Waals surface area contributed by atoms with Gasteiger partial charge in [-0.1, -0.05) is 11.6 Å². The summed E-state index contributed by atoms with van der Waals surface area (Å²) in [5.74, 6) is 0.114. The van der Waals surface area contributed by atoms with Gasteiger partial charge < -0.3 is 5.32 Å². The Morgan fingerprint density at radius 3 is 2.71 bits per heavy atom. The second-order valence-electron chi connectivity index (χ2n) is 4.67. The van der Waals surface area contributed by atoms with Crippen LogP contribution in [0.5, 0.6) is 0 Å². The number of aromatic nitrogens is 1. The van der Waals surface area contributed by atoms with Crippen molar-refractivity contribution >= 4 is 34.0 Å². The van der Waals surface area contributed by atoms with Crippen molar-refractivity contribution in [1.29, 1.82) is 0 Å². The molecule has 1 N–H and O–H groups in total. The number of carbonyl (C=O) groups excluding carboxylic acids is 1. The van der Waals surface area contributed by atoms with Crippen LogP contribution in [0.15, 0.2) is 36.5 Å². The van der Waals surface area contributed by atoms with E-state index in [0.717, 1.165) is 11.3 Å². The highest BCUT2D eigenvalue weighted by atomic mass is 35.5. The maximum absolute atomic E-state index is 12.1. The molecule has 0 saturated heterocycles. The Kier molecular flexibility index (Phi) is 5.09. The highest BCUT2D eigenvalue weighted by Gasteiger charge is 2.09. The Bertz CT molecular complexity index is 687. The summed E-state index contributed by atoms with van der Waals surface area (Å²) in [4.78, 5) is 16.2. The lowest BCUT2D eigenvalue weighted by molar-refractivity contribution is 0.102. The molecule has 1 aromatic heterocycles. The molecule has 0 aliphatic rings. The van der Waals surface area contributed by atoms with Crippen LogP contribution in [0.4, 0.5) is 5.69 Å². The minimum atomic E-state index is -0.994. The molecule has 6 heteroatoms. The zero-order valence-electron chi connectivity index (χ0n) is 11.7. The molecule has 0 fully saturated rings. The number of halogens is 1. The number of hydrogen-bond donors (Lipinski definition) is 1. The Morgan fingerprint density at radius 1 is 1.33 bits per heavy atom. The number of amides is 1. The highest BCUT2D eigenvalue weighted by Crippen LogP contribution is 2.22. The molecule has 4 nitrogen and oxygen atoms in total. The number of benzene rings is 1. The fourth-order valence-electron chi connectivity index (χ4n) is 1.79. The average Bonchev–Trinajstić information content (AvgIpc) is 2.42. The molecule has 1 heterocycles. The number of nitrogens with one attached hydrogen (secondary N) is 1. The van der Waals surface area contributed by atoms with E-state index < -0.39 is 10.8 Å². The van der Waals surface area contributed by atoms with E-state index in [0.29, 0.717) is 22.0 Å². The molecule has 0 aliphatic carbocycles. The molecule has 0 bridgehead atoms. The van der Waals surface area contributed by atoms with Crippen molar-refractivity contribution < 1.29 is 9.00 Å². The molecule has 1 amide bonds. The molecule has 1 aromatic carbocycles. The van der Waals surface area contributed by atoms with Crippen LogP contribution in [0.25, 0.3) is 0 Å². The van der Waals surface area contributed by atoms with E-state index in [1.165, 1.54) is 6.20 Å². The van der Waals surface area contributed by atoms with Crippen LogP contribution in [0, 0.1) is 6.92 Å². The summed E-state index contributed by atoms with van der Waals surface area (Å²) < 4.78 is 11.3. The van der Waals surface area contributed by atoms with E-state index in [2.05, 4.69) is 10.3 Å². The maximum Gasteiger partial charge on any atom is 0.257 e. The highest BCUT2D eigenvalue weighted by molar-refractivity contribution is 7.83. The van der Waals surface area contributed by atoms with Gasteiger partial charge in [0.1, 0.15) is 0 Å². The van der Waals surface area contributed by atoms with Gasteiger partial charge in [0.25, 0.3) is 5.91 Å². The number of pyridine rings is 1. The fourth-order valence-corrected chi connectivity index (χ4v) is 2.73. The van der Waals surface area contributed by atoms with E-state index in [4.69, 9.17) is 11.6 Å². The van der Waals surface area contributed by atoms with Gasteiger partial charge in [-0.3, -0.25) is 14.0 Å². The smallest absolute Gasteiger partial charge is 0.257 e. The van der Waals surface area contributed by atoms with Crippen LogP contribution in [0.3, 0.4) is 0 Å². The van der Waals surface area contributed by atoms with Crippen molar-refractivity contribution in [2.75, 3.05) is 11.6 Å². The summed E-state index contributed by atoms with van der Waals surface area (Å²) >= 11 is 6.05. The van der Waals surface area contributed by atoms with Gasteiger partial charge in [0.05, 0.1) is 5.56 Å². The summed E-state index contributed by atoms with van der Waals surface area (Å²) in [5.41, 5.74) is 2.70. The summed E-state index contributed by atoms with van der Waals surface area (Å²) in [6.45, 7) is 1.86. The fraction of sp³-hybridized carbons (Fsp3) is 0.200. The third-order valence-corrected chi connectivity index (χ3v) is 3.92. The van der Waals surface area contributed by atoms with Gasteiger partial charge in [0.15, 0.2) is 0 Å². The van der Waals surface area contributed by atoms with Crippen molar-refractivity contribution in [1.82, 2.24) is 4.98 Å². The first-order valence-corrected chi connectivity index (χ1v) is 8.38. The van der Waals surface area contributed by atoms with Gasteiger partial charge in [-0.25, -0.2) is 0 Å². The van der Waals surface area contributed by atoms with Crippen LogP contribution in [-0.4, -0.2) is 21.4 Å². The molecule has 2 rings (SSSR count). The number of hydrogen-bond acceptors (Lipinski definition) is 3. The zero-order valence-corrected chi connectivity index (χ0v) is 13.3. The quantitative estimate of drug-likeness (QED) is 0.940. The lowest BCUT2D eigenvalue weighted by atomic mass is 10.2. The number of nitrogens with zero attached hydrogens (tertiary/aromatic N) is 1. The maximum atomic E-state index is 12.1. The van der Waals surface area contributed by atoms with Gasteiger partial charge in [-0.15, -0.1) is 0 Å². The van der Waals surface area contributed by atoms with Crippen LogP contribution < -0.4 is 5.32 Å². The Labute approximate surface area is 131 Å². The Hall–Kier alpha value is -1.72. The molecule has 1 atom stereocenters. The number of rotatable bonds is 4. The molecule has 0 unspecified atom stereocenters. The lowest BCUT2D eigenvalue weighted by Gasteiger charge is -2.08. The lowest BCUT2D eigenvalue weighted by Crippen LogP contribution is -2.12. The standard InChI is InChI=1S/C15H15ClN2O2S/c1-10-3-4-11(8-17-10)15(19)18-13-5-6-14(16)12(7-13)9-21(2)20/h3-8H,9H2,1-2H3,(H,18,19)/t21-/m0/s1. The molecule has 21 heavy (non-hydrogen) atoms. The third-order valence-electron chi connectivity index (χ3n) is 2.84. The summed E-state index contributed by atoms with van der Waals surface area (Å²) in [6, 6.07) is 8.64. The largest absolute Gasteiger partial charge is 0.322 e. The molecular weight excluding hydrogens is 308 g/mol. The van der Waals surface area contributed by atoms with Gasteiger partial charge in [0.2, 0.25) is 0 Å². The minimum Gasteiger partial charge on any atom is -0.322 e. The first kappa shape index (κ1) is 15.7. The first-order chi connectivity index (χ1) is 9.95. The van der Waals surface area contributed by atoms with Crippen molar-refractivity contribution in [3.05, 3.63) is 58.4 Å². The number of carbonyl (C=O) groups is 1. The second kappa shape index (κ2) is 6.83. The topological polar surface area (TPSA) is 59.1 Å². The third kappa shape index (κ3) is 4.37. The first-order valence-electron chi connectivity index (χ1n) is 6.28. The van der Waals surface area contributed by atoms with E-state index >= 15 is 0 Å². The Balaban J connectivity index is 2.17. The van der Waals surface area contributed by atoms with E-state index in [1.54, 1.807) is 36.6 Å². The monoisotopic (exact) mass is 322 g/mol. The van der Waals surface area contributed by atoms with Crippen molar-refractivity contribution in [2.24, 2.45) is 0 Å². The molecule has 110 valence electrons. The average molecular weight is 323 g/mol. The van der Waals surface area contributed by atoms with Gasteiger partial charge in [-0.2, -0.15) is 0 Å². The van der Waals surface area contributed by atoms with E-state index in [-0.39, 0.29) is 5.91 Å². The summed E-state index contributed by atoms with van der Waals surface area (Å²) in [6.07, 6.45) is 3.14. The molecule has 0 aliphatic heterocycles. The van der Waals surface area contributed by atoms with Crippen LogP contribution in [-0.2, 0) is 16.6 Å². The van der Waals surface area contributed by atoms with E-state index in [9.17, 15) is 9.00 Å². The summed E-state index contributed by atoms with van der Waals surface area (Å²) in [7, 11) is -0.994. The molecule has 0 spiro atoms. The number of anilines is 1. The van der Waals surface area contributed by atoms with Gasteiger partial charge in [0, 0.05) is 45.4 Å². The predicted octanol–water partition coefficient (Wildman–Crippen LogP) is 3.17. The van der Waals surface area contributed by atoms with Crippen LogP contribution >= 0.6 is 11.6 Å². The zero-order chi connectivity index (χ0) is 15.4. The van der Waals surface area contributed by atoms with Crippen LogP contribution in [0.1, 0.15) is 21.6 Å². The SMILES string of the molecule is Cc1ccc(C(=O)Nc2ccc(Cl)c(C[S@](C)=O)c2)cn1. The van der Waals surface area contributed by atoms with Gasteiger partial charge in [-0.05, 0) is 42.8 Å². The normalized spacial score (nSPS) is 12.0. The van der Waals surface area contributed by atoms with Crippen molar-refractivity contribution in [3.63, 3.8) is 0 Å². The summed E-state index contributed by atoms with van der Waals surface area (Å²) in [5, 5.41) is 3.32. The van der Waals surface area contributed by atoms with Crippen molar-refractivity contribution in [2.45, 2.75) is 12.7 Å². The Morgan fingerprint density at radius 2 is 2.10 bits per heavy atom.